The zero-order valence-electron chi connectivity index (χ0n) is 14.1. The smallest absolute Gasteiger partial charge is 0.247 e. The van der Waals surface area contributed by atoms with Crippen LogP contribution in [0.25, 0.3) is 22.2 Å². The van der Waals surface area contributed by atoms with Gasteiger partial charge < -0.3 is 20.4 Å². The molecule has 3 aromatic rings. The van der Waals surface area contributed by atoms with Crippen molar-refractivity contribution in [3.05, 3.63) is 47.1 Å². The van der Waals surface area contributed by atoms with Crippen molar-refractivity contribution < 1.29 is 9.53 Å². The van der Waals surface area contributed by atoms with E-state index in [-0.39, 0.29) is 5.91 Å². The molecule has 0 bridgehead atoms. The van der Waals surface area contributed by atoms with Gasteiger partial charge in [0.05, 0.1) is 33.2 Å². The second kappa shape index (κ2) is 6.45. The van der Waals surface area contributed by atoms with E-state index in [1.54, 1.807) is 12.1 Å². The largest absolute Gasteiger partial charge is 0.491 e. The lowest BCUT2D eigenvalue weighted by Crippen LogP contribution is -2.08. The summed E-state index contributed by atoms with van der Waals surface area (Å²) in [5.74, 6) is 0.689. The van der Waals surface area contributed by atoms with Gasteiger partial charge in [0.1, 0.15) is 24.2 Å². The number of carbonyl (C=O) groups excluding carboxylic acids is 1. The molecule has 1 aliphatic rings. The van der Waals surface area contributed by atoms with Crippen molar-refractivity contribution >= 4 is 44.2 Å². The zero-order valence-corrected chi connectivity index (χ0v) is 15.7. The summed E-state index contributed by atoms with van der Waals surface area (Å²) in [5.41, 5.74) is 9.57. The first-order chi connectivity index (χ1) is 13.0. The number of carbonyl (C=O) groups is 1. The fourth-order valence-corrected chi connectivity index (χ4v) is 4.10. The van der Waals surface area contributed by atoms with Crippen molar-refractivity contribution in [3.8, 4) is 23.1 Å². The number of benzene rings is 1. The Kier molecular flexibility index (Phi) is 4.09. The molecule has 4 rings (SSSR count). The minimum absolute atomic E-state index is 0.295. The van der Waals surface area contributed by atoms with Crippen LogP contribution in [0, 0.1) is 11.3 Å². The van der Waals surface area contributed by atoms with E-state index < -0.39 is 0 Å². The maximum atomic E-state index is 11.6. The fourth-order valence-electron chi connectivity index (χ4n) is 3.29. The van der Waals surface area contributed by atoms with Crippen molar-refractivity contribution in [2.45, 2.75) is 6.54 Å². The number of hydrogen-bond donors (Lipinski definition) is 2. The summed E-state index contributed by atoms with van der Waals surface area (Å²) in [4.78, 5) is 15.7. The van der Waals surface area contributed by atoms with Crippen LogP contribution in [0.4, 0.5) is 11.5 Å². The number of aromatic nitrogens is 2. The molecular weight excluding hydrogens is 410 g/mol. The van der Waals surface area contributed by atoms with Gasteiger partial charge in [0.15, 0.2) is 0 Å². The molecule has 0 fully saturated rings. The second-order valence-electron chi connectivity index (χ2n) is 5.96. The molecule has 1 amide bonds. The summed E-state index contributed by atoms with van der Waals surface area (Å²) in [7, 11) is 0. The summed E-state index contributed by atoms with van der Waals surface area (Å²) in [6.45, 7) is 4.40. The van der Waals surface area contributed by atoms with Gasteiger partial charge in [-0.1, -0.05) is 6.58 Å². The predicted molar refractivity (Wildman–Crippen MR) is 106 cm³/mol. The number of nitrogens with one attached hydrogen (secondary N) is 1. The normalized spacial score (nSPS) is 12.3. The van der Waals surface area contributed by atoms with Gasteiger partial charge >= 0.3 is 0 Å². The third-order valence-electron chi connectivity index (χ3n) is 4.43. The van der Waals surface area contributed by atoms with Gasteiger partial charge in [0.2, 0.25) is 5.91 Å². The molecule has 0 saturated heterocycles. The van der Waals surface area contributed by atoms with E-state index in [4.69, 9.17) is 10.5 Å². The molecule has 0 saturated carbocycles. The lowest BCUT2D eigenvalue weighted by Gasteiger charge is -2.10. The van der Waals surface area contributed by atoms with Crippen molar-refractivity contribution in [1.29, 1.82) is 5.26 Å². The van der Waals surface area contributed by atoms with Crippen LogP contribution < -0.4 is 15.8 Å². The number of amides is 1. The number of rotatable bonds is 2. The first kappa shape index (κ1) is 17.1. The monoisotopic (exact) mass is 423 g/mol. The van der Waals surface area contributed by atoms with E-state index in [1.807, 2.05) is 10.6 Å². The minimum Gasteiger partial charge on any atom is -0.491 e. The SMILES string of the molecule is C=CC(=O)Nc1ccc2c(c1)OCCn1c-2c(Br)c2c(N)ncc(C#N)c21. The first-order valence-corrected chi connectivity index (χ1v) is 8.91. The van der Waals surface area contributed by atoms with Crippen LogP contribution in [0.2, 0.25) is 0 Å². The molecule has 134 valence electrons. The lowest BCUT2D eigenvalue weighted by molar-refractivity contribution is -0.111. The Morgan fingerprint density at radius 1 is 1.52 bits per heavy atom. The number of nitrogens with two attached hydrogens (primary N) is 1. The summed E-state index contributed by atoms with van der Waals surface area (Å²) in [6.07, 6.45) is 2.69. The predicted octanol–water partition coefficient (Wildman–Crippen LogP) is 3.44. The molecule has 0 radical (unpaired) electrons. The Morgan fingerprint density at radius 3 is 3.07 bits per heavy atom. The van der Waals surface area contributed by atoms with Gasteiger partial charge in [-0.05, 0) is 34.1 Å². The molecule has 1 aromatic carbocycles. The summed E-state index contributed by atoms with van der Waals surface area (Å²) in [6, 6.07) is 7.61. The highest BCUT2D eigenvalue weighted by Crippen LogP contribution is 2.45. The number of pyridine rings is 1. The number of anilines is 2. The zero-order chi connectivity index (χ0) is 19.1. The Balaban J connectivity index is 1.98. The van der Waals surface area contributed by atoms with Gasteiger partial charge in [-0.2, -0.15) is 5.26 Å². The van der Waals surface area contributed by atoms with E-state index in [0.29, 0.717) is 41.4 Å². The highest BCUT2D eigenvalue weighted by Gasteiger charge is 2.26. The minimum atomic E-state index is -0.295. The Morgan fingerprint density at radius 2 is 2.33 bits per heavy atom. The number of fused-ring (bicyclic) bond motifs is 5. The molecule has 7 nitrogen and oxygen atoms in total. The van der Waals surface area contributed by atoms with Crippen LogP contribution in [-0.4, -0.2) is 22.1 Å². The van der Waals surface area contributed by atoms with E-state index >= 15 is 0 Å². The van der Waals surface area contributed by atoms with E-state index in [1.165, 1.54) is 12.3 Å². The van der Waals surface area contributed by atoms with Gasteiger partial charge in [-0.3, -0.25) is 4.79 Å². The number of nitrogen functional groups attached to an aromatic ring is 1. The summed E-state index contributed by atoms with van der Waals surface area (Å²) in [5, 5.41) is 12.9. The molecule has 3 heterocycles. The number of ether oxygens (including phenoxy) is 1. The number of halogens is 1. The van der Waals surface area contributed by atoms with Gasteiger partial charge in [0, 0.05) is 23.5 Å². The fraction of sp³-hybridized carbons (Fsp3) is 0.105. The molecule has 2 aromatic heterocycles. The summed E-state index contributed by atoms with van der Waals surface area (Å²) >= 11 is 3.64. The Hall–Kier alpha value is -3.31. The molecular formula is C19H14BrN5O2. The third-order valence-corrected chi connectivity index (χ3v) is 5.20. The average molecular weight is 424 g/mol. The Bertz CT molecular complexity index is 1160. The maximum absolute atomic E-state index is 11.6. The quantitative estimate of drug-likeness (QED) is 0.614. The third kappa shape index (κ3) is 2.64. The topological polar surface area (TPSA) is 106 Å². The molecule has 0 aliphatic carbocycles. The molecule has 1 aliphatic heterocycles. The van der Waals surface area contributed by atoms with Crippen molar-refractivity contribution in [2.24, 2.45) is 0 Å². The first-order valence-electron chi connectivity index (χ1n) is 8.12. The van der Waals surface area contributed by atoms with Crippen molar-refractivity contribution in [3.63, 3.8) is 0 Å². The number of nitrogens with zero attached hydrogens (tertiary/aromatic N) is 3. The van der Waals surface area contributed by atoms with Crippen molar-refractivity contribution in [2.75, 3.05) is 17.7 Å². The standard InChI is InChI=1S/C19H14BrN5O2/c1-2-14(26)24-11-3-4-12-13(7-11)27-6-5-25-17-10(8-21)9-23-19(22)15(17)16(20)18(12)25/h2-4,7,9H,1,5-6H2,(H2,22,23)(H,24,26). The number of hydrogen-bond acceptors (Lipinski definition) is 5. The second-order valence-corrected chi connectivity index (χ2v) is 6.75. The average Bonchev–Trinajstić information content (AvgIpc) is 2.84. The van der Waals surface area contributed by atoms with Crippen LogP contribution in [0.3, 0.4) is 0 Å². The van der Waals surface area contributed by atoms with Crippen LogP contribution in [-0.2, 0) is 11.3 Å². The van der Waals surface area contributed by atoms with Crippen LogP contribution in [0.1, 0.15) is 5.56 Å². The molecule has 27 heavy (non-hydrogen) atoms. The van der Waals surface area contributed by atoms with Crippen LogP contribution in [0.15, 0.2) is 41.5 Å². The maximum Gasteiger partial charge on any atom is 0.247 e. The molecule has 8 heteroatoms. The van der Waals surface area contributed by atoms with Gasteiger partial charge in [0.25, 0.3) is 0 Å². The molecule has 3 N–H and O–H groups in total. The van der Waals surface area contributed by atoms with E-state index in [0.717, 1.165) is 21.2 Å². The number of nitriles is 1. The molecule has 0 atom stereocenters. The molecule has 0 spiro atoms. The highest BCUT2D eigenvalue weighted by atomic mass is 79.9. The summed E-state index contributed by atoms with van der Waals surface area (Å²) < 4.78 is 8.68. The Labute approximate surface area is 163 Å². The van der Waals surface area contributed by atoms with Crippen molar-refractivity contribution in [1.82, 2.24) is 9.55 Å². The highest BCUT2D eigenvalue weighted by molar-refractivity contribution is 9.10. The van der Waals surface area contributed by atoms with E-state index in [9.17, 15) is 10.1 Å². The lowest BCUT2D eigenvalue weighted by atomic mass is 10.1. The van der Waals surface area contributed by atoms with Crippen LogP contribution in [0.5, 0.6) is 5.75 Å². The van der Waals surface area contributed by atoms with Gasteiger partial charge in [-0.25, -0.2) is 4.98 Å². The van der Waals surface area contributed by atoms with E-state index in [2.05, 4.69) is 38.9 Å². The van der Waals surface area contributed by atoms with Crippen LogP contribution >= 0.6 is 15.9 Å². The molecule has 0 unspecified atom stereocenters. The van der Waals surface area contributed by atoms with Gasteiger partial charge in [-0.15, -0.1) is 0 Å².